The molecule has 4 heteroatoms. The fourth-order valence-electron chi connectivity index (χ4n) is 2.02. The summed E-state index contributed by atoms with van der Waals surface area (Å²) >= 11 is 1.92. The second kappa shape index (κ2) is 5.64. The van der Waals surface area contributed by atoms with Crippen molar-refractivity contribution < 1.29 is 4.39 Å². The summed E-state index contributed by atoms with van der Waals surface area (Å²) in [6, 6.07) is 1.38. The Kier molecular flexibility index (Phi) is 4.18. The highest BCUT2D eigenvalue weighted by Gasteiger charge is 2.17. The standard InChI is InChI=1S/C12H17FN2S/c13-10-5-9(6-15-7-10)12(14)8-16-11-3-1-2-4-11/h5-7,11-12H,1-4,8,14H2. The number of pyridine rings is 1. The Morgan fingerprint density at radius 1 is 1.44 bits per heavy atom. The fourth-order valence-corrected chi connectivity index (χ4v) is 3.36. The van der Waals surface area contributed by atoms with Crippen molar-refractivity contribution in [3.05, 3.63) is 29.8 Å². The molecule has 88 valence electrons. The van der Waals surface area contributed by atoms with E-state index in [-0.39, 0.29) is 11.9 Å². The van der Waals surface area contributed by atoms with Gasteiger partial charge in [-0.1, -0.05) is 12.8 Å². The van der Waals surface area contributed by atoms with Crippen molar-refractivity contribution in [2.45, 2.75) is 37.0 Å². The van der Waals surface area contributed by atoms with Gasteiger partial charge in [0.15, 0.2) is 0 Å². The zero-order valence-electron chi connectivity index (χ0n) is 9.23. The van der Waals surface area contributed by atoms with Gasteiger partial charge >= 0.3 is 0 Å². The SMILES string of the molecule is NC(CSC1CCCC1)c1cncc(F)c1. The summed E-state index contributed by atoms with van der Waals surface area (Å²) in [5.74, 6) is 0.550. The first-order valence-corrected chi connectivity index (χ1v) is 6.78. The van der Waals surface area contributed by atoms with Crippen LogP contribution in [0.5, 0.6) is 0 Å². The highest BCUT2D eigenvalue weighted by Crippen LogP contribution is 2.31. The van der Waals surface area contributed by atoms with E-state index < -0.39 is 0 Å². The van der Waals surface area contributed by atoms with Crippen molar-refractivity contribution >= 4 is 11.8 Å². The third-order valence-electron chi connectivity index (χ3n) is 2.97. The summed E-state index contributed by atoms with van der Waals surface area (Å²) in [7, 11) is 0. The predicted octanol–water partition coefficient (Wildman–Crippen LogP) is 2.90. The summed E-state index contributed by atoms with van der Waals surface area (Å²) in [5.41, 5.74) is 6.81. The third kappa shape index (κ3) is 3.19. The maximum Gasteiger partial charge on any atom is 0.141 e. The summed E-state index contributed by atoms with van der Waals surface area (Å²) in [6.45, 7) is 0. The van der Waals surface area contributed by atoms with Crippen LogP contribution in [0.15, 0.2) is 18.5 Å². The molecule has 2 nitrogen and oxygen atoms in total. The van der Waals surface area contributed by atoms with Crippen LogP contribution < -0.4 is 5.73 Å². The Balaban J connectivity index is 1.85. The first-order valence-electron chi connectivity index (χ1n) is 5.73. The first-order chi connectivity index (χ1) is 7.75. The lowest BCUT2D eigenvalue weighted by Gasteiger charge is -2.14. The van der Waals surface area contributed by atoms with Crippen molar-refractivity contribution in [2.75, 3.05) is 5.75 Å². The molecule has 0 amide bonds. The van der Waals surface area contributed by atoms with E-state index in [1.54, 1.807) is 6.20 Å². The van der Waals surface area contributed by atoms with Crippen LogP contribution in [-0.4, -0.2) is 16.0 Å². The van der Waals surface area contributed by atoms with Crippen molar-refractivity contribution in [1.29, 1.82) is 0 Å². The third-order valence-corrected chi connectivity index (χ3v) is 4.46. The molecule has 1 unspecified atom stereocenters. The van der Waals surface area contributed by atoms with Crippen molar-refractivity contribution in [2.24, 2.45) is 5.73 Å². The monoisotopic (exact) mass is 240 g/mol. The minimum absolute atomic E-state index is 0.103. The number of nitrogens with zero attached hydrogens (tertiary/aromatic N) is 1. The molecule has 1 atom stereocenters. The lowest BCUT2D eigenvalue weighted by molar-refractivity contribution is 0.615. The van der Waals surface area contributed by atoms with E-state index in [2.05, 4.69) is 4.98 Å². The van der Waals surface area contributed by atoms with Crippen LogP contribution in [0.25, 0.3) is 0 Å². The molecule has 1 heterocycles. The van der Waals surface area contributed by atoms with E-state index >= 15 is 0 Å². The number of nitrogens with two attached hydrogens (primary N) is 1. The normalized spacial score (nSPS) is 18.9. The van der Waals surface area contributed by atoms with Gasteiger partial charge in [0.05, 0.1) is 6.20 Å². The Morgan fingerprint density at radius 2 is 2.19 bits per heavy atom. The second-order valence-corrected chi connectivity index (χ2v) is 5.62. The quantitative estimate of drug-likeness (QED) is 0.879. The van der Waals surface area contributed by atoms with Gasteiger partial charge in [0, 0.05) is 23.2 Å². The van der Waals surface area contributed by atoms with Crippen molar-refractivity contribution in [3.8, 4) is 0 Å². The molecule has 0 aliphatic heterocycles. The Bertz CT molecular complexity index is 340. The molecule has 1 fully saturated rings. The number of halogens is 1. The average molecular weight is 240 g/mol. The molecule has 1 aromatic rings. The van der Waals surface area contributed by atoms with Gasteiger partial charge in [0.1, 0.15) is 5.82 Å². The number of rotatable bonds is 4. The molecule has 1 aliphatic carbocycles. The molecule has 2 rings (SSSR count). The van der Waals surface area contributed by atoms with Crippen LogP contribution in [0.1, 0.15) is 37.3 Å². The molecule has 1 aliphatic rings. The van der Waals surface area contributed by atoms with Gasteiger partial charge in [0.25, 0.3) is 0 Å². The molecule has 0 bridgehead atoms. The zero-order valence-corrected chi connectivity index (χ0v) is 10.0. The second-order valence-electron chi connectivity index (χ2n) is 4.28. The highest BCUT2D eigenvalue weighted by atomic mass is 32.2. The number of hydrogen-bond acceptors (Lipinski definition) is 3. The molecule has 1 saturated carbocycles. The Labute approximate surface area is 99.8 Å². The van der Waals surface area contributed by atoms with Crippen molar-refractivity contribution in [1.82, 2.24) is 4.98 Å². The summed E-state index contributed by atoms with van der Waals surface area (Å²) in [4.78, 5) is 3.82. The molecule has 0 saturated heterocycles. The van der Waals surface area contributed by atoms with Crippen LogP contribution in [0.2, 0.25) is 0 Å². The molecule has 0 radical (unpaired) electrons. The molecule has 2 N–H and O–H groups in total. The predicted molar refractivity (Wildman–Crippen MR) is 65.8 cm³/mol. The highest BCUT2D eigenvalue weighted by molar-refractivity contribution is 7.99. The van der Waals surface area contributed by atoms with Crippen LogP contribution in [-0.2, 0) is 0 Å². The lowest BCUT2D eigenvalue weighted by atomic mass is 10.1. The van der Waals surface area contributed by atoms with Gasteiger partial charge in [0.2, 0.25) is 0 Å². The summed E-state index contributed by atoms with van der Waals surface area (Å²) in [6.07, 6.45) is 8.16. The van der Waals surface area contributed by atoms with E-state index in [4.69, 9.17) is 5.73 Å². The molecule has 0 spiro atoms. The van der Waals surface area contributed by atoms with Gasteiger partial charge in [-0.15, -0.1) is 0 Å². The van der Waals surface area contributed by atoms with Crippen LogP contribution in [0.4, 0.5) is 4.39 Å². The van der Waals surface area contributed by atoms with E-state index in [1.165, 1.54) is 37.9 Å². The molecule has 0 aromatic carbocycles. The first kappa shape index (κ1) is 11.9. The maximum absolute atomic E-state index is 12.9. The van der Waals surface area contributed by atoms with E-state index in [0.717, 1.165) is 16.6 Å². The van der Waals surface area contributed by atoms with Crippen LogP contribution in [0, 0.1) is 5.82 Å². The minimum Gasteiger partial charge on any atom is -0.323 e. The number of thioether (sulfide) groups is 1. The Morgan fingerprint density at radius 3 is 2.88 bits per heavy atom. The summed E-state index contributed by atoms with van der Waals surface area (Å²) in [5, 5.41) is 0.757. The summed E-state index contributed by atoms with van der Waals surface area (Å²) < 4.78 is 12.9. The maximum atomic E-state index is 12.9. The van der Waals surface area contributed by atoms with E-state index in [1.807, 2.05) is 11.8 Å². The average Bonchev–Trinajstić information content (AvgIpc) is 2.78. The van der Waals surface area contributed by atoms with Gasteiger partial charge < -0.3 is 5.73 Å². The van der Waals surface area contributed by atoms with Gasteiger partial charge in [-0.3, -0.25) is 4.98 Å². The molecular formula is C12H17FN2S. The number of hydrogen-bond donors (Lipinski definition) is 1. The van der Waals surface area contributed by atoms with Crippen molar-refractivity contribution in [3.63, 3.8) is 0 Å². The minimum atomic E-state index is -0.307. The molecule has 16 heavy (non-hydrogen) atoms. The largest absolute Gasteiger partial charge is 0.323 e. The number of aromatic nitrogens is 1. The van der Waals surface area contributed by atoms with Gasteiger partial charge in [-0.2, -0.15) is 11.8 Å². The zero-order chi connectivity index (χ0) is 11.4. The molecular weight excluding hydrogens is 223 g/mol. The van der Waals surface area contributed by atoms with Gasteiger partial charge in [-0.05, 0) is 24.5 Å². The van der Waals surface area contributed by atoms with E-state index in [9.17, 15) is 4.39 Å². The Hall–Kier alpha value is -0.610. The van der Waals surface area contributed by atoms with Gasteiger partial charge in [-0.25, -0.2) is 4.39 Å². The van der Waals surface area contributed by atoms with Crippen LogP contribution >= 0.6 is 11.8 Å². The topological polar surface area (TPSA) is 38.9 Å². The van der Waals surface area contributed by atoms with E-state index in [0.29, 0.717) is 0 Å². The smallest absolute Gasteiger partial charge is 0.141 e. The van der Waals surface area contributed by atoms with Crippen LogP contribution in [0.3, 0.4) is 0 Å². The molecule has 1 aromatic heterocycles. The lowest BCUT2D eigenvalue weighted by Crippen LogP contribution is -2.15. The fraction of sp³-hybridized carbons (Fsp3) is 0.583.